The van der Waals surface area contributed by atoms with Gasteiger partial charge in [-0.1, -0.05) is 0 Å². The Labute approximate surface area is 137 Å². The van der Waals surface area contributed by atoms with Crippen LogP contribution in [0, 0.1) is 11.8 Å². The Hall–Kier alpha value is -1.18. The van der Waals surface area contributed by atoms with Crippen molar-refractivity contribution in [3.63, 3.8) is 0 Å². The van der Waals surface area contributed by atoms with Gasteiger partial charge < -0.3 is 24.1 Å². The van der Waals surface area contributed by atoms with Crippen LogP contribution in [0.1, 0.15) is 39.5 Å². The molecule has 0 bridgehead atoms. The topological polar surface area (TPSA) is 91.3 Å². The van der Waals surface area contributed by atoms with Crippen LogP contribution in [0.5, 0.6) is 0 Å². The molecule has 1 saturated carbocycles. The van der Waals surface area contributed by atoms with Crippen molar-refractivity contribution in [2.75, 3.05) is 33.7 Å². The minimum Gasteiger partial charge on any atom is -0.465 e. The van der Waals surface area contributed by atoms with E-state index in [9.17, 15) is 14.7 Å². The van der Waals surface area contributed by atoms with E-state index in [0.717, 1.165) is 12.8 Å². The largest absolute Gasteiger partial charge is 0.465 e. The molecule has 134 valence electrons. The fourth-order valence-electron chi connectivity index (χ4n) is 3.13. The third-order valence-electron chi connectivity index (χ3n) is 4.32. The number of carbonyl (C=O) groups excluding carboxylic acids is 2. The lowest BCUT2D eigenvalue weighted by molar-refractivity contribution is -0.150. The molecule has 0 radical (unpaired) electrons. The van der Waals surface area contributed by atoms with Crippen LogP contribution in [-0.4, -0.2) is 56.4 Å². The van der Waals surface area contributed by atoms with Gasteiger partial charge in [0.05, 0.1) is 18.8 Å². The molecule has 1 aliphatic rings. The Kier molecular flexibility index (Phi) is 8.51. The maximum Gasteiger partial charge on any atom is 0.302 e. The molecule has 0 aromatic rings. The highest BCUT2D eigenvalue weighted by Crippen LogP contribution is 2.44. The summed E-state index contributed by atoms with van der Waals surface area (Å²) in [4.78, 5) is 22.1. The second-order valence-corrected chi connectivity index (χ2v) is 5.99. The van der Waals surface area contributed by atoms with Crippen LogP contribution in [0.4, 0.5) is 0 Å². The van der Waals surface area contributed by atoms with Crippen molar-refractivity contribution < 1.29 is 33.6 Å². The molecule has 1 fully saturated rings. The second-order valence-electron chi connectivity index (χ2n) is 5.99. The van der Waals surface area contributed by atoms with Crippen LogP contribution in [-0.2, 0) is 28.5 Å². The van der Waals surface area contributed by atoms with Gasteiger partial charge in [-0.3, -0.25) is 9.59 Å². The van der Waals surface area contributed by atoms with Crippen LogP contribution < -0.4 is 0 Å². The van der Waals surface area contributed by atoms with Gasteiger partial charge in [-0.25, -0.2) is 0 Å². The predicted molar refractivity (Wildman–Crippen MR) is 81.5 cm³/mol. The molecule has 0 saturated heterocycles. The number of aliphatic hydroxyl groups is 1. The van der Waals surface area contributed by atoms with Gasteiger partial charge >= 0.3 is 11.9 Å². The van der Waals surface area contributed by atoms with Gasteiger partial charge in [0.15, 0.2) is 0 Å². The molecule has 1 N–H and O–H groups in total. The predicted octanol–water partition coefficient (Wildman–Crippen LogP) is 1.27. The van der Waals surface area contributed by atoms with Crippen molar-refractivity contribution in [1.82, 2.24) is 0 Å². The van der Waals surface area contributed by atoms with Gasteiger partial charge in [-0.15, -0.1) is 0 Å². The molecular weight excluding hydrogens is 304 g/mol. The highest BCUT2D eigenvalue weighted by atomic mass is 16.7. The monoisotopic (exact) mass is 332 g/mol. The molecular formula is C16H28O7. The SMILES string of the molecule is COCOCCCC1(O)[C@@H](COC(C)=O)CC[C@H]1COC(C)=O. The van der Waals surface area contributed by atoms with Crippen LogP contribution >= 0.6 is 0 Å². The summed E-state index contributed by atoms with van der Waals surface area (Å²) in [6, 6.07) is 0. The molecule has 1 aliphatic carbocycles. The summed E-state index contributed by atoms with van der Waals surface area (Å²) in [5, 5.41) is 11.1. The van der Waals surface area contributed by atoms with Gasteiger partial charge in [-0.2, -0.15) is 0 Å². The van der Waals surface area contributed by atoms with E-state index >= 15 is 0 Å². The van der Waals surface area contributed by atoms with Crippen molar-refractivity contribution in [2.45, 2.75) is 45.1 Å². The molecule has 0 spiro atoms. The molecule has 1 rings (SSSR count). The summed E-state index contributed by atoms with van der Waals surface area (Å²) in [6.45, 7) is 3.75. The van der Waals surface area contributed by atoms with E-state index in [1.807, 2.05) is 0 Å². The molecule has 0 aromatic heterocycles. The highest BCUT2D eigenvalue weighted by molar-refractivity contribution is 5.66. The van der Waals surface area contributed by atoms with Crippen molar-refractivity contribution >= 4 is 11.9 Å². The first kappa shape index (κ1) is 19.9. The molecule has 1 unspecified atom stereocenters. The molecule has 3 atom stereocenters. The van der Waals surface area contributed by atoms with Gasteiger partial charge in [0, 0.05) is 39.4 Å². The zero-order chi connectivity index (χ0) is 17.3. The van der Waals surface area contributed by atoms with Crippen LogP contribution in [0.2, 0.25) is 0 Å². The fourth-order valence-corrected chi connectivity index (χ4v) is 3.13. The highest BCUT2D eigenvalue weighted by Gasteiger charge is 2.49. The zero-order valence-electron chi connectivity index (χ0n) is 14.2. The number of esters is 2. The zero-order valence-corrected chi connectivity index (χ0v) is 14.2. The van der Waals surface area contributed by atoms with Crippen LogP contribution in [0.15, 0.2) is 0 Å². The standard InChI is InChI=1S/C16H28O7/c1-12(17)22-9-14-5-6-15(10-23-13(2)18)16(14,19)7-4-8-21-11-20-3/h14-15,19H,4-11H2,1-3H3/t14-,15+,16?. The number of ether oxygens (including phenoxy) is 4. The summed E-state index contributed by atoms with van der Waals surface area (Å²) in [5.41, 5.74) is -1.03. The Bertz CT molecular complexity index is 357. The first-order chi connectivity index (χ1) is 10.9. The van der Waals surface area contributed by atoms with Crippen molar-refractivity contribution in [2.24, 2.45) is 11.8 Å². The number of carbonyl (C=O) groups is 2. The Morgan fingerprint density at radius 3 is 2.04 bits per heavy atom. The van der Waals surface area contributed by atoms with Crippen molar-refractivity contribution in [3.8, 4) is 0 Å². The van der Waals surface area contributed by atoms with Crippen LogP contribution in [0.25, 0.3) is 0 Å². The Morgan fingerprint density at radius 2 is 1.61 bits per heavy atom. The van der Waals surface area contributed by atoms with Gasteiger partial charge in [-0.05, 0) is 25.7 Å². The summed E-state index contributed by atoms with van der Waals surface area (Å²) >= 11 is 0. The normalized spacial score (nSPS) is 27.0. The lowest BCUT2D eigenvalue weighted by Crippen LogP contribution is -2.44. The molecule has 0 amide bonds. The van der Waals surface area contributed by atoms with E-state index in [4.69, 9.17) is 18.9 Å². The maximum atomic E-state index is 11.1. The minimum atomic E-state index is -1.03. The van der Waals surface area contributed by atoms with E-state index in [1.54, 1.807) is 7.11 Å². The molecule has 23 heavy (non-hydrogen) atoms. The van der Waals surface area contributed by atoms with E-state index in [2.05, 4.69) is 0 Å². The lowest BCUT2D eigenvalue weighted by Gasteiger charge is -2.35. The van der Waals surface area contributed by atoms with Gasteiger partial charge in [0.2, 0.25) is 0 Å². The number of rotatable bonds is 10. The third-order valence-corrected chi connectivity index (χ3v) is 4.32. The second kappa shape index (κ2) is 9.85. The molecule has 0 heterocycles. The number of hydrogen-bond donors (Lipinski definition) is 1. The summed E-state index contributed by atoms with van der Waals surface area (Å²) in [6.07, 6.45) is 2.60. The number of hydrogen-bond acceptors (Lipinski definition) is 7. The Balaban J connectivity index is 2.62. The fraction of sp³-hybridized carbons (Fsp3) is 0.875. The van der Waals surface area contributed by atoms with Gasteiger partial charge in [0.1, 0.15) is 6.79 Å². The average molecular weight is 332 g/mol. The summed E-state index contributed by atoms with van der Waals surface area (Å²) < 4.78 is 20.2. The third kappa shape index (κ3) is 6.45. The Morgan fingerprint density at radius 1 is 1.09 bits per heavy atom. The minimum absolute atomic E-state index is 0.158. The molecule has 0 aromatic carbocycles. The molecule has 7 nitrogen and oxygen atoms in total. The van der Waals surface area contributed by atoms with Crippen molar-refractivity contribution in [3.05, 3.63) is 0 Å². The average Bonchev–Trinajstić information content (AvgIpc) is 2.79. The van der Waals surface area contributed by atoms with E-state index in [0.29, 0.717) is 19.4 Å². The summed E-state index contributed by atoms with van der Waals surface area (Å²) in [5.74, 6) is -1.04. The summed E-state index contributed by atoms with van der Waals surface area (Å²) in [7, 11) is 1.55. The van der Waals surface area contributed by atoms with Crippen molar-refractivity contribution in [1.29, 1.82) is 0 Å². The quantitative estimate of drug-likeness (QED) is 0.366. The first-order valence-corrected chi connectivity index (χ1v) is 7.96. The van der Waals surface area contributed by atoms with Gasteiger partial charge in [0.25, 0.3) is 0 Å². The molecule has 0 aliphatic heterocycles. The maximum absolute atomic E-state index is 11.1. The molecule has 7 heteroatoms. The first-order valence-electron chi connectivity index (χ1n) is 7.96. The van der Waals surface area contributed by atoms with Crippen LogP contribution in [0.3, 0.4) is 0 Å². The van der Waals surface area contributed by atoms with E-state index < -0.39 is 5.60 Å². The van der Waals surface area contributed by atoms with E-state index in [-0.39, 0.29) is 43.8 Å². The number of methoxy groups -OCH3 is 1. The lowest BCUT2D eigenvalue weighted by atomic mass is 9.81. The van der Waals surface area contributed by atoms with E-state index in [1.165, 1.54) is 13.8 Å². The smallest absolute Gasteiger partial charge is 0.302 e.